The zero-order chi connectivity index (χ0) is 14.8. The Morgan fingerprint density at radius 3 is 2.65 bits per heavy atom. The molecule has 20 heavy (non-hydrogen) atoms. The van der Waals surface area contributed by atoms with E-state index >= 15 is 0 Å². The van der Waals surface area contributed by atoms with Crippen molar-refractivity contribution in [3.05, 3.63) is 24.3 Å². The molecule has 1 aliphatic heterocycles. The molecular formula is C12H18N4O3S. The van der Waals surface area contributed by atoms with Gasteiger partial charge in [-0.05, 0) is 30.7 Å². The Hall–Kier alpha value is -1.64. The van der Waals surface area contributed by atoms with Crippen molar-refractivity contribution >= 4 is 27.5 Å². The highest BCUT2D eigenvalue weighted by Gasteiger charge is 2.29. The van der Waals surface area contributed by atoms with Gasteiger partial charge in [0.25, 0.3) is 10.2 Å². The molecule has 0 saturated carbocycles. The van der Waals surface area contributed by atoms with Crippen molar-refractivity contribution in [3.8, 4) is 0 Å². The second kappa shape index (κ2) is 5.78. The van der Waals surface area contributed by atoms with Gasteiger partial charge in [-0.2, -0.15) is 8.42 Å². The lowest BCUT2D eigenvalue weighted by atomic mass is 9.97. The molecule has 0 aliphatic carbocycles. The summed E-state index contributed by atoms with van der Waals surface area (Å²) in [6, 6.07) is 6.41. The molecule has 8 heteroatoms. The van der Waals surface area contributed by atoms with E-state index in [-0.39, 0.29) is 17.7 Å². The summed E-state index contributed by atoms with van der Waals surface area (Å²) < 4.78 is 24.1. The third kappa shape index (κ3) is 3.92. The van der Waals surface area contributed by atoms with E-state index in [4.69, 9.17) is 5.14 Å². The predicted molar refractivity (Wildman–Crippen MR) is 77.3 cm³/mol. The zero-order valence-electron chi connectivity index (χ0n) is 11.1. The van der Waals surface area contributed by atoms with Crippen LogP contribution in [0.5, 0.6) is 0 Å². The minimum absolute atomic E-state index is 0.0738. The van der Waals surface area contributed by atoms with Gasteiger partial charge in [-0.15, -0.1) is 0 Å². The molecule has 5 N–H and O–H groups in total. The maximum absolute atomic E-state index is 12.1. The summed E-state index contributed by atoms with van der Waals surface area (Å²) in [7, 11) is -3.82. The normalized spacial score (nSPS) is 22.5. The van der Waals surface area contributed by atoms with Gasteiger partial charge in [0, 0.05) is 12.2 Å². The number of hydrogen-bond acceptors (Lipinski definition) is 4. The van der Waals surface area contributed by atoms with Crippen LogP contribution in [0.1, 0.15) is 6.92 Å². The Morgan fingerprint density at radius 2 is 2.05 bits per heavy atom. The van der Waals surface area contributed by atoms with Crippen LogP contribution in [0.15, 0.2) is 24.3 Å². The predicted octanol–water partition coefficient (Wildman–Crippen LogP) is 0.0960. The molecule has 1 heterocycles. The van der Waals surface area contributed by atoms with E-state index in [1.54, 1.807) is 18.2 Å². The number of carbonyl (C=O) groups is 1. The van der Waals surface area contributed by atoms with Gasteiger partial charge in [-0.1, -0.05) is 13.0 Å². The molecule has 1 aromatic carbocycles. The highest BCUT2D eigenvalue weighted by atomic mass is 32.2. The lowest BCUT2D eigenvalue weighted by Gasteiger charge is -2.14. The van der Waals surface area contributed by atoms with Crippen molar-refractivity contribution in [3.63, 3.8) is 0 Å². The third-order valence-electron chi connectivity index (χ3n) is 3.24. The molecule has 0 aromatic heterocycles. The van der Waals surface area contributed by atoms with E-state index in [0.717, 1.165) is 6.54 Å². The average molecular weight is 298 g/mol. The molecule has 7 nitrogen and oxygen atoms in total. The topological polar surface area (TPSA) is 113 Å². The monoisotopic (exact) mass is 298 g/mol. The first-order valence-electron chi connectivity index (χ1n) is 6.27. The van der Waals surface area contributed by atoms with Crippen molar-refractivity contribution in [1.29, 1.82) is 0 Å². The summed E-state index contributed by atoms with van der Waals surface area (Å²) >= 11 is 0. The van der Waals surface area contributed by atoms with Crippen molar-refractivity contribution in [2.45, 2.75) is 6.92 Å². The number of anilines is 2. The number of amides is 1. The fourth-order valence-electron chi connectivity index (χ4n) is 2.22. The molecule has 0 radical (unpaired) electrons. The summed E-state index contributed by atoms with van der Waals surface area (Å²) in [6.45, 7) is 3.50. The van der Waals surface area contributed by atoms with Crippen molar-refractivity contribution in [1.82, 2.24) is 5.32 Å². The van der Waals surface area contributed by atoms with Crippen molar-refractivity contribution in [2.24, 2.45) is 17.0 Å². The van der Waals surface area contributed by atoms with Gasteiger partial charge < -0.3 is 10.6 Å². The van der Waals surface area contributed by atoms with Crippen molar-refractivity contribution < 1.29 is 13.2 Å². The molecule has 0 spiro atoms. The lowest BCUT2D eigenvalue weighted by molar-refractivity contribution is -0.120. The third-order valence-corrected chi connectivity index (χ3v) is 3.76. The van der Waals surface area contributed by atoms with Crippen LogP contribution in [-0.2, 0) is 15.0 Å². The first-order valence-corrected chi connectivity index (χ1v) is 7.82. The van der Waals surface area contributed by atoms with E-state index in [2.05, 4.69) is 15.4 Å². The molecule has 0 bridgehead atoms. The van der Waals surface area contributed by atoms with E-state index in [0.29, 0.717) is 17.9 Å². The van der Waals surface area contributed by atoms with Crippen LogP contribution < -0.4 is 20.5 Å². The van der Waals surface area contributed by atoms with Gasteiger partial charge in [0.1, 0.15) is 0 Å². The Bertz CT molecular complexity index is 602. The summed E-state index contributed by atoms with van der Waals surface area (Å²) in [5.41, 5.74) is 0.839. The van der Waals surface area contributed by atoms with Gasteiger partial charge in [0.2, 0.25) is 5.91 Å². The number of benzene rings is 1. The number of rotatable bonds is 4. The van der Waals surface area contributed by atoms with Gasteiger partial charge >= 0.3 is 0 Å². The molecule has 1 amide bonds. The number of carbonyl (C=O) groups excluding carboxylic acids is 1. The van der Waals surface area contributed by atoms with Gasteiger partial charge in [-0.25, -0.2) is 5.14 Å². The van der Waals surface area contributed by atoms with Crippen molar-refractivity contribution in [2.75, 3.05) is 23.1 Å². The molecule has 110 valence electrons. The maximum Gasteiger partial charge on any atom is 0.296 e. The smallest absolute Gasteiger partial charge is 0.296 e. The van der Waals surface area contributed by atoms with Gasteiger partial charge in [0.05, 0.1) is 11.6 Å². The summed E-state index contributed by atoms with van der Waals surface area (Å²) in [4.78, 5) is 12.1. The van der Waals surface area contributed by atoms with E-state index < -0.39 is 10.2 Å². The van der Waals surface area contributed by atoms with Crippen LogP contribution in [-0.4, -0.2) is 27.4 Å². The highest BCUT2D eigenvalue weighted by molar-refractivity contribution is 7.90. The molecule has 1 aromatic rings. The Labute approximate surface area is 118 Å². The summed E-state index contributed by atoms with van der Waals surface area (Å²) in [6.07, 6.45) is 0. The second-order valence-corrected chi connectivity index (χ2v) is 6.25. The molecule has 1 saturated heterocycles. The molecule has 2 atom stereocenters. The summed E-state index contributed by atoms with van der Waals surface area (Å²) in [5.74, 6) is 0.126. The van der Waals surface area contributed by atoms with E-state index in [9.17, 15) is 13.2 Å². The second-order valence-electron chi connectivity index (χ2n) is 4.96. The Balaban J connectivity index is 2.06. The fraction of sp³-hybridized carbons (Fsp3) is 0.417. The SMILES string of the molecule is C[C@@H]1CNC[C@H]1C(=O)Nc1cccc(NS(N)(=O)=O)c1. The largest absolute Gasteiger partial charge is 0.326 e. The minimum atomic E-state index is -3.82. The van der Waals surface area contributed by atoms with E-state index in [1.165, 1.54) is 6.07 Å². The van der Waals surface area contributed by atoms with Crippen LogP contribution in [0.2, 0.25) is 0 Å². The van der Waals surface area contributed by atoms with Gasteiger partial charge in [0.15, 0.2) is 0 Å². The number of hydrogen-bond donors (Lipinski definition) is 4. The Kier molecular flexibility index (Phi) is 4.26. The lowest BCUT2D eigenvalue weighted by Crippen LogP contribution is -2.28. The molecule has 0 unspecified atom stereocenters. The number of nitrogens with two attached hydrogens (primary N) is 1. The van der Waals surface area contributed by atoms with Crippen LogP contribution >= 0.6 is 0 Å². The maximum atomic E-state index is 12.1. The van der Waals surface area contributed by atoms with Gasteiger partial charge in [-0.3, -0.25) is 9.52 Å². The van der Waals surface area contributed by atoms with Crippen LogP contribution in [0.4, 0.5) is 11.4 Å². The minimum Gasteiger partial charge on any atom is -0.326 e. The quantitative estimate of drug-likeness (QED) is 0.631. The average Bonchev–Trinajstić information content (AvgIpc) is 2.73. The van der Waals surface area contributed by atoms with E-state index in [1.807, 2.05) is 6.92 Å². The van der Waals surface area contributed by atoms with Crippen LogP contribution in [0.25, 0.3) is 0 Å². The molecule has 1 fully saturated rings. The highest BCUT2D eigenvalue weighted by Crippen LogP contribution is 2.20. The van der Waals surface area contributed by atoms with Crippen LogP contribution in [0, 0.1) is 11.8 Å². The fourth-order valence-corrected chi connectivity index (χ4v) is 2.68. The molecule has 2 rings (SSSR count). The first-order chi connectivity index (χ1) is 9.35. The summed E-state index contributed by atoms with van der Waals surface area (Å²) in [5, 5.41) is 10.9. The Morgan fingerprint density at radius 1 is 1.35 bits per heavy atom. The number of nitrogens with one attached hydrogen (secondary N) is 3. The van der Waals surface area contributed by atoms with Crippen LogP contribution in [0.3, 0.4) is 0 Å². The molecule has 1 aliphatic rings. The zero-order valence-corrected chi connectivity index (χ0v) is 11.9. The first kappa shape index (κ1) is 14.8. The molecular weight excluding hydrogens is 280 g/mol. The standard InChI is InChI=1S/C12H18N4O3S/c1-8-6-14-7-11(8)12(17)15-9-3-2-4-10(5-9)16-20(13,18)19/h2-5,8,11,14,16H,6-7H2,1H3,(H,15,17)(H2,13,18,19)/t8-,11-/m1/s1.